The van der Waals surface area contributed by atoms with Gasteiger partial charge in [-0.1, -0.05) is 36.8 Å². The highest BCUT2D eigenvalue weighted by Crippen LogP contribution is 2.08. The van der Waals surface area contributed by atoms with Crippen LogP contribution in [0.15, 0.2) is 24.3 Å². The second kappa shape index (κ2) is 7.17. The number of aryl methyl sites for hydroxylation is 1. The molecule has 1 rings (SSSR count). The van der Waals surface area contributed by atoms with Gasteiger partial charge in [-0.05, 0) is 25.5 Å². The lowest BCUT2D eigenvalue weighted by Gasteiger charge is -2.23. The molecular weight excluding hydrogens is 224 g/mol. The molecule has 0 radical (unpaired) electrons. The van der Waals surface area contributed by atoms with Crippen molar-refractivity contribution in [2.24, 2.45) is 0 Å². The molecule has 0 fully saturated rings. The van der Waals surface area contributed by atoms with E-state index in [1.54, 1.807) is 19.0 Å². The van der Waals surface area contributed by atoms with Crippen LogP contribution in [0.4, 0.5) is 0 Å². The molecule has 3 heteroatoms. The topological polar surface area (TPSA) is 23.6 Å². The first-order valence-electron chi connectivity index (χ1n) is 6.51. The lowest BCUT2D eigenvalue weighted by molar-refractivity contribution is -0.130. The number of benzene rings is 1. The maximum absolute atomic E-state index is 11.8. The lowest BCUT2D eigenvalue weighted by Crippen LogP contribution is -2.36. The van der Waals surface area contributed by atoms with Crippen molar-refractivity contribution in [2.45, 2.75) is 26.8 Å². The minimum Gasteiger partial charge on any atom is -0.348 e. The van der Waals surface area contributed by atoms with Gasteiger partial charge in [0.1, 0.15) is 0 Å². The summed E-state index contributed by atoms with van der Waals surface area (Å²) in [6.45, 7) is 6.53. The Labute approximate surface area is 110 Å². The number of carbonyl (C=O) groups excluding carboxylic acids is 1. The Morgan fingerprint density at radius 3 is 2.56 bits per heavy atom. The number of nitrogens with zero attached hydrogens (tertiary/aromatic N) is 2. The minimum absolute atomic E-state index is 0.163. The summed E-state index contributed by atoms with van der Waals surface area (Å²) in [6, 6.07) is 8.47. The first kappa shape index (κ1) is 14.7. The van der Waals surface area contributed by atoms with E-state index in [1.165, 1.54) is 11.1 Å². The van der Waals surface area contributed by atoms with E-state index in [4.69, 9.17) is 0 Å². The molecule has 0 aliphatic heterocycles. The molecular formula is C15H24N2O. The molecule has 0 aliphatic rings. The smallest absolute Gasteiger partial charge is 0.236 e. The van der Waals surface area contributed by atoms with Gasteiger partial charge in [-0.25, -0.2) is 0 Å². The second-order valence-electron chi connectivity index (χ2n) is 4.99. The van der Waals surface area contributed by atoms with Gasteiger partial charge in [0.05, 0.1) is 6.54 Å². The third-order valence-electron chi connectivity index (χ3n) is 2.89. The second-order valence-corrected chi connectivity index (χ2v) is 4.99. The van der Waals surface area contributed by atoms with Gasteiger partial charge in [0.2, 0.25) is 5.91 Å². The van der Waals surface area contributed by atoms with Crippen molar-refractivity contribution >= 4 is 5.91 Å². The maximum Gasteiger partial charge on any atom is 0.236 e. The highest BCUT2D eigenvalue weighted by molar-refractivity contribution is 5.77. The number of rotatable bonds is 6. The first-order chi connectivity index (χ1) is 8.52. The normalized spacial score (nSPS) is 10.7. The van der Waals surface area contributed by atoms with Crippen LogP contribution < -0.4 is 0 Å². The van der Waals surface area contributed by atoms with Crippen molar-refractivity contribution in [1.82, 2.24) is 9.80 Å². The Bertz CT molecular complexity index is 388. The predicted octanol–water partition coefficient (Wildman–Crippen LogP) is 2.30. The standard InChI is InChI=1S/C15H24N2O/c1-5-9-17(12-15(18)16(3)4)11-14-8-6-7-13(2)10-14/h6-8,10H,5,9,11-12H2,1-4H3. The highest BCUT2D eigenvalue weighted by Gasteiger charge is 2.11. The van der Waals surface area contributed by atoms with E-state index in [-0.39, 0.29) is 5.91 Å². The fourth-order valence-corrected chi connectivity index (χ4v) is 1.93. The SMILES string of the molecule is CCCN(CC(=O)N(C)C)Cc1cccc(C)c1. The lowest BCUT2D eigenvalue weighted by atomic mass is 10.1. The van der Waals surface area contributed by atoms with Gasteiger partial charge in [-0.2, -0.15) is 0 Å². The fraction of sp³-hybridized carbons (Fsp3) is 0.533. The van der Waals surface area contributed by atoms with Crippen LogP contribution in [-0.2, 0) is 11.3 Å². The predicted molar refractivity (Wildman–Crippen MR) is 75.4 cm³/mol. The summed E-state index contributed by atoms with van der Waals surface area (Å²) in [5.41, 5.74) is 2.54. The van der Waals surface area contributed by atoms with Crippen molar-refractivity contribution in [3.8, 4) is 0 Å². The van der Waals surface area contributed by atoms with E-state index in [0.29, 0.717) is 6.54 Å². The summed E-state index contributed by atoms with van der Waals surface area (Å²) < 4.78 is 0. The molecule has 0 heterocycles. The summed E-state index contributed by atoms with van der Waals surface area (Å²) in [5, 5.41) is 0. The van der Waals surface area contributed by atoms with Crippen LogP contribution in [-0.4, -0.2) is 42.9 Å². The Morgan fingerprint density at radius 2 is 2.00 bits per heavy atom. The van der Waals surface area contributed by atoms with Crippen molar-refractivity contribution in [2.75, 3.05) is 27.2 Å². The van der Waals surface area contributed by atoms with Crippen LogP contribution >= 0.6 is 0 Å². The third kappa shape index (κ3) is 4.88. The number of hydrogen-bond donors (Lipinski definition) is 0. The Balaban J connectivity index is 2.65. The quantitative estimate of drug-likeness (QED) is 0.771. The molecule has 18 heavy (non-hydrogen) atoms. The van der Waals surface area contributed by atoms with Gasteiger partial charge in [0, 0.05) is 20.6 Å². The highest BCUT2D eigenvalue weighted by atomic mass is 16.2. The number of likely N-dealkylation sites (N-methyl/N-ethyl adjacent to an activating group) is 1. The molecule has 3 nitrogen and oxygen atoms in total. The van der Waals surface area contributed by atoms with Crippen LogP contribution in [0.2, 0.25) is 0 Å². The van der Waals surface area contributed by atoms with Gasteiger partial charge in [-0.3, -0.25) is 9.69 Å². The van der Waals surface area contributed by atoms with Crippen LogP contribution in [0.3, 0.4) is 0 Å². The minimum atomic E-state index is 0.163. The van der Waals surface area contributed by atoms with Gasteiger partial charge in [-0.15, -0.1) is 0 Å². The molecule has 0 aliphatic carbocycles. The molecule has 1 aromatic carbocycles. The molecule has 0 aromatic heterocycles. The van der Waals surface area contributed by atoms with Gasteiger partial charge < -0.3 is 4.90 Å². The van der Waals surface area contributed by atoms with Crippen LogP contribution in [0.25, 0.3) is 0 Å². The molecule has 1 amide bonds. The largest absolute Gasteiger partial charge is 0.348 e. The van der Waals surface area contributed by atoms with E-state index in [2.05, 4.69) is 43.0 Å². The molecule has 0 unspecified atom stereocenters. The zero-order chi connectivity index (χ0) is 13.5. The zero-order valence-electron chi connectivity index (χ0n) is 11.9. The average molecular weight is 248 g/mol. The van der Waals surface area contributed by atoms with E-state index >= 15 is 0 Å². The van der Waals surface area contributed by atoms with Crippen molar-refractivity contribution < 1.29 is 4.79 Å². The maximum atomic E-state index is 11.8. The van der Waals surface area contributed by atoms with Crippen LogP contribution in [0, 0.1) is 6.92 Å². The summed E-state index contributed by atoms with van der Waals surface area (Å²) in [7, 11) is 3.61. The van der Waals surface area contributed by atoms with Gasteiger partial charge in [0.15, 0.2) is 0 Å². The van der Waals surface area contributed by atoms with E-state index < -0.39 is 0 Å². The van der Waals surface area contributed by atoms with E-state index in [1.807, 2.05) is 0 Å². The monoisotopic (exact) mass is 248 g/mol. The zero-order valence-corrected chi connectivity index (χ0v) is 11.9. The van der Waals surface area contributed by atoms with Crippen molar-refractivity contribution in [3.05, 3.63) is 35.4 Å². The van der Waals surface area contributed by atoms with Crippen LogP contribution in [0.5, 0.6) is 0 Å². The summed E-state index contributed by atoms with van der Waals surface area (Å²) in [5.74, 6) is 0.163. The van der Waals surface area contributed by atoms with Crippen molar-refractivity contribution in [3.63, 3.8) is 0 Å². The Morgan fingerprint density at radius 1 is 1.28 bits per heavy atom. The van der Waals surface area contributed by atoms with Gasteiger partial charge >= 0.3 is 0 Å². The first-order valence-corrected chi connectivity index (χ1v) is 6.51. The molecule has 0 saturated carbocycles. The number of hydrogen-bond acceptors (Lipinski definition) is 2. The van der Waals surface area contributed by atoms with Crippen LogP contribution in [0.1, 0.15) is 24.5 Å². The molecule has 100 valence electrons. The number of amides is 1. The average Bonchev–Trinajstić information content (AvgIpc) is 2.29. The van der Waals surface area contributed by atoms with Gasteiger partial charge in [0.25, 0.3) is 0 Å². The Hall–Kier alpha value is -1.35. The molecule has 0 atom stereocenters. The molecule has 0 bridgehead atoms. The fourth-order valence-electron chi connectivity index (χ4n) is 1.93. The molecule has 0 spiro atoms. The molecule has 0 saturated heterocycles. The molecule has 1 aromatic rings. The summed E-state index contributed by atoms with van der Waals surface area (Å²) in [6.07, 6.45) is 1.06. The van der Waals surface area contributed by atoms with E-state index in [9.17, 15) is 4.79 Å². The number of carbonyl (C=O) groups is 1. The van der Waals surface area contributed by atoms with Crippen molar-refractivity contribution in [1.29, 1.82) is 0 Å². The Kier molecular flexibility index (Phi) is 5.86. The summed E-state index contributed by atoms with van der Waals surface area (Å²) >= 11 is 0. The molecule has 0 N–H and O–H groups in total. The third-order valence-corrected chi connectivity index (χ3v) is 2.89. The summed E-state index contributed by atoms with van der Waals surface area (Å²) in [4.78, 5) is 15.6. The van der Waals surface area contributed by atoms with E-state index in [0.717, 1.165) is 19.5 Å².